The number of anilines is 2. The van der Waals surface area contributed by atoms with Gasteiger partial charge < -0.3 is 38.8 Å². The maximum atomic E-state index is 13.9. The number of carboxylic acid groups (broad SMARTS) is 1. The Kier molecular flexibility index (Phi) is 8.64. The smallest absolute Gasteiger partial charge is 0.410 e. The van der Waals surface area contributed by atoms with Crippen molar-refractivity contribution in [2.45, 2.75) is 43.6 Å². The number of thiophene rings is 1. The minimum atomic E-state index is -2.94. The highest BCUT2D eigenvalue weighted by Crippen LogP contribution is 2.41. The number of morpholine rings is 1. The van der Waals surface area contributed by atoms with E-state index in [9.17, 15) is 23.5 Å². The normalized spacial score (nSPS) is 23.4. The van der Waals surface area contributed by atoms with Gasteiger partial charge in [-0.3, -0.25) is 0 Å². The molecule has 7 heterocycles. The van der Waals surface area contributed by atoms with E-state index in [1.54, 1.807) is 23.2 Å². The van der Waals surface area contributed by atoms with E-state index < -0.39 is 42.1 Å². The van der Waals surface area contributed by atoms with Crippen LogP contribution in [0.1, 0.15) is 31.2 Å². The number of ether oxygens (including phenoxy) is 4. The summed E-state index contributed by atoms with van der Waals surface area (Å²) in [4.78, 5) is 43.4. The van der Waals surface area contributed by atoms with E-state index in [1.165, 1.54) is 29.4 Å². The first kappa shape index (κ1) is 32.2. The van der Waals surface area contributed by atoms with Gasteiger partial charge in [0.15, 0.2) is 5.82 Å². The lowest BCUT2D eigenvalue weighted by Gasteiger charge is -2.53. The zero-order valence-corrected chi connectivity index (χ0v) is 27.1. The molecule has 3 atom stereocenters. The molecule has 0 aliphatic carbocycles. The number of carbonyl (C=O) groups is 2. The molecule has 3 aromatic rings. The van der Waals surface area contributed by atoms with Gasteiger partial charge in [-0.1, -0.05) is 12.1 Å². The summed E-state index contributed by atoms with van der Waals surface area (Å²) >= 11 is 1.34. The number of methoxy groups -OCH3 is 1. The van der Waals surface area contributed by atoms with Crippen molar-refractivity contribution in [1.29, 1.82) is 0 Å². The lowest BCUT2D eigenvalue weighted by atomic mass is 9.90. The van der Waals surface area contributed by atoms with Crippen LogP contribution in [0.5, 0.6) is 5.88 Å². The summed E-state index contributed by atoms with van der Waals surface area (Å²) in [6.45, 7) is 4.81. The standard InChI is InChI=1S/C32H34F2N6O7S/c1-18-32(16-45-17-32)46-8-7-39(18)23-10-20(19-5-6-38(14-19)31(43)44-2)13-35-29(23)47-21-11-24(30(41)42)40(15-21)26-12-22(25-4-3-9-48-25)36-28(37-26)27(33)34/h3-5,9-10,12-13,18,21,24,27H,6-8,11,14-17H2,1-2H3,(H,41,42)/t18-,21-,24-/m0/s1. The van der Waals surface area contributed by atoms with E-state index in [0.717, 1.165) is 11.1 Å². The summed E-state index contributed by atoms with van der Waals surface area (Å²) in [6, 6.07) is 5.87. The summed E-state index contributed by atoms with van der Waals surface area (Å²) in [7, 11) is 1.34. The molecule has 16 heteroatoms. The predicted molar refractivity (Wildman–Crippen MR) is 171 cm³/mol. The number of rotatable bonds is 8. The van der Waals surface area contributed by atoms with Crippen LogP contribution in [-0.4, -0.2) is 114 Å². The molecule has 0 saturated carbocycles. The number of amides is 1. The molecule has 1 amide bonds. The summed E-state index contributed by atoms with van der Waals surface area (Å²) in [5.74, 6) is -1.41. The molecule has 4 aliphatic heterocycles. The molecule has 0 radical (unpaired) electrons. The van der Waals surface area contributed by atoms with Crippen molar-refractivity contribution >= 4 is 40.5 Å². The average molecular weight is 685 g/mol. The monoisotopic (exact) mass is 684 g/mol. The minimum absolute atomic E-state index is 0.0657. The summed E-state index contributed by atoms with van der Waals surface area (Å²) in [5.41, 5.74) is 2.22. The van der Waals surface area contributed by atoms with E-state index in [0.29, 0.717) is 61.6 Å². The van der Waals surface area contributed by atoms with Gasteiger partial charge in [-0.2, -0.15) is 0 Å². The van der Waals surface area contributed by atoms with Gasteiger partial charge in [-0.15, -0.1) is 11.3 Å². The molecule has 3 saturated heterocycles. The van der Waals surface area contributed by atoms with Crippen molar-refractivity contribution in [3.63, 3.8) is 0 Å². The summed E-state index contributed by atoms with van der Waals surface area (Å²) in [6.07, 6.45) is -0.330. The Balaban J connectivity index is 1.20. The first-order chi connectivity index (χ1) is 23.2. The number of aromatic nitrogens is 3. The highest BCUT2D eigenvalue weighted by molar-refractivity contribution is 7.13. The molecule has 7 rings (SSSR count). The van der Waals surface area contributed by atoms with Gasteiger partial charge in [0.25, 0.3) is 6.43 Å². The van der Waals surface area contributed by atoms with Crippen LogP contribution in [0.4, 0.5) is 25.1 Å². The molecule has 1 N–H and O–H groups in total. The van der Waals surface area contributed by atoms with Crippen molar-refractivity contribution in [3.05, 3.63) is 53.3 Å². The van der Waals surface area contributed by atoms with Crippen molar-refractivity contribution in [1.82, 2.24) is 19.9 Å². The molecule has 13 nitrogen and oxygen atoms in total. The number of nitrogens with zero attached hydrogens (tertiary/aromatic N) is 6. The Morgan fingerprint density at radius 3 is 2.73 bits per heavy atom. The number of hydrogen-bond acceptors (Lipinski definition) is 12. The van der Waals surface area contributed by atoms with Gasteiger partial charge in [0, 0.05) is 38.3 Å². The minimum Gasteiger partial charge on any atom is -0.480 e. The van der Waals surface area contributed by atoms with Gasteiger partial charge in [0.2, 0.25) is 5.88 Å². The molecule has 1 spiro atoms. The lowest BCUT2D eigenvalue weighted by molar-refractivity contribution is -0.228. The Morgan fingerprint density at radius 1 is 1.21 bits per heavy atom. The van der Waals surface area contributed by atoms with Crippen LogP contribution in [0.2, 0.25) is 0 Å². The molecular formula is C32H34F2N6O7S. The fraction of sp³-hybridized carbons (Fsp3) is 0.469. The van der Waals surface area contributed by atoms with Crippen LogP contribution < -0.4 is 14.5 Å². The fourth-order valence-corrected chi connectivity index (χ4v) is 7.31. The van der Waals surface area contributed by atoms with Gasteiger partial charge in [0.1, 0.15) is 29.3 Å². The maximum absolute atomic E-state index is 13.9. The van der Waals surface area contributed by atoms with E-state index in [2.05, 4.69) is 21.8 Å². The largest absolute Gasteiger partial charge is 0.480 e. The molecule has 4 aliphatic rings. The lowest BCUT2D eigenvalue weighted by Crippen LogP contribution is -2.68. The number of carboxylic acids is 1. The van der Waals surface area contributed by atoms with Crippen LogP contribution in [0.15, 0.2) is 41.9 Å². The van der Waals surface area contributed by atoms with Crippen LogP contribution in [-0.2, 0) is 19.0 Å². The average Bonchev–Trinajstić information content (AvgIpc) is 3.86. The molecule has 48 heavy (non-hydrogen) atoms. The zero-order chi connectivity index (χ0) is 33.6. The van der Waals surface area contributed by atoms with E-state index in [-0.39, 0.29) is 24.8 Å². The number of carbonyl (C=O) groups excluding carboxylic acids is 1. The van der Waals surface area contributed by atoms with E-state index in [1.807, 2.05) is 17.5 Å². The molecular weight excluding hydrogens is 650 g/mol. The molecule has 0 bridgehead atoms. The quantitative estimate of drug-likeness (QED) is 0.365. The Bertz CT molecular complexity index is 1720. The highest BCUT2D eigenvalue weighted by Gasteiger charge is 2.50. The molecule has 3 aromatic heterocycles. The third kappa shape index (κ3) is 5.92. The summed E-state index contributed by atoms with van der Waals surface area (Å²) < 4.78 is 50.9. The number of aliphatic carboxylic acids is 1. The fourth-order valence-electron chi connectivity index (χ4n) is 6.62. The number of hydrogen-bond donors (Lipinski definition) is 1. The molecule has 3 fully saturated rings. The molecule has 254 valence electrons. The van der Waals surface area contributed by atoms with Gasteiger partial charge in [-0.05, 0) is 35.6 Å². The van der Waals surface area contributed by atoms with Gasteiger partial charge in [0.05, 0.1) is 50.1 Å². The van der Waals surface area contributed by atoms with E-state index >= 15 is 0 Å². The van der Waals surface area contributed by atoms with Crippen LogP contribution in [0, 0.1) is 0 Å². The maximum Gasteiger partial charge on any atom is 0.410 e. The Labute approximate surface area is 278 Å². The highest BCUT2D eigenvalue weighted by atomic mass is 32.1. The van der Waals surface area contributed by atoms with Crippen molar-refractivity contribution in [3.8, 4) is 16.5 Å². The van der Waals surface area contributed by atoms with Gasteiger partial charge in [-0.25, -0.2) is 33.3 Å². The van der Waals surface area contributed by atoms with Gasteiger partial charge >= 0.3 is 12.1 Å². The zero-order valence-electron chi connectivity index (χ0n) is 26.3. The summed E-state index contributed by atoms with van der Waals surface area (Å²) in [5, 5.41) is 12.0. The van der Waals surface area contributed by atoms with Crippen molar-refractivity contribution in [2.24, 2.45) is 0 Å². The first-order valence-electron chi connectivity index (χ1n) is 15.5. The van der Waals surface area contributed by atoms with Crippen molar-refractivity contribution in [2.75, 3.05) is 62.9 Å². The van der Waals surface area contributed by atoms with Crippen LogP contribution in [0.25, 0.3) is 16.1 Å². The molecule has 0 aromatic carbocycles. The van der Waals surface area contributed by atoms with Crippen molar-refractivity contribution < 1.29 is 42.4 Å². The molecule has 0 unspecified atom stereocenters. The number of alkyl halides is 2. The second kappa shape index (κ2) is 12.9. The van der Waals surface area contributed by atoms with Crippen LogP contribution in [0.3, 0.4) is 0 Å². The Morgan fingerprint density at radius 2 is 2.04 bits per heavy atom. The predicted octanol–water partition coefficient (Wildman–Crippen LogP) is 4.11. The SMILES string of the molecule is COC(=O)N1CC=C(c2cnc(O[C@H]3C[C@@H](C(=O)O)N(c4cc(-c5cccs5)nc(C(F)F)n4)C3)c(N3CCOC4(COC4)[C@@H]3C)c2)C1. The first-order valence-corrected chi connectivity index (χ1v) is 16.4. The Hall–Kier alpha value is -4.41. The number of pyridine rings is 1. The second-order valence-electron chi connectivity index (χ2n) is 12.1. The third-order valence-electron chi connectivity index (χ3n) is 9.33. The van der Waals surface area contributed by atoms with Crippen LogP contribution >= 0.6 is 11.3 Å². The topological polar surface area (TPSA) is 140 Å². The van der Waals surface area contributed by atoms with E-state index in [4.69, 9.17) is 23.9 Å². The third-order valence-corrected chi connectivity index (χ3v) is 10.2. The number of halogens is 2. The second-order valence-corrected chi connectivity index (χ2v) is 13.1.